The third kappa shape index (κ3) is 6.28. The Morgan fingerprint density at radius 3 is 2.50 bits per heavy atom. The van der Waals surface area contributed by atoms with Crippen molar-refractivity contribution in [1.29, 1.82) is 0 Å². The van der Waals surface area contributed by atoms with Gasteiger partial charge in [-0.2, -0.15) is 13.2 Å². The van der Waals surface area contributed by atoms with Crippen LogP contribution in [0.3, 0.4) is 0 Å². The Kier molecular flexibility index (Phi) is 8.19. The molecule has 1 amide bonds. The molecule has 2 N–H and O–H groups in total. The Labute approximate surface area is 230 Å². The highest BCUT2D eigenvalue weighted by Gasteiger charge is 2.36. The van der Waals surface area contributed by atoms with Crippen LogP contribution in [0.15, 0.2) is 48.8 Å². The molecule has 0 atom stereocenters. The van der Waals surface area contributed by atoms with Crippen LogP contribution >= 0.6 is 0 Å². The second-order valence-corrected chi connectivity index (χ2v) is 9.75. The number of hydrogen-bond donors (Lipinski definition) is 2. The number of halogens is 3. The van der Waals surface area contributed by atoms with Crippen molar-refractivity contribution in [3.05, 3.63) is 54.4 Å². The number of methoxy groups -OCH3 is 1. The maximum absolute atomic E-state index is 14.1. The molecule has 0 saturated carbocycles. The molecule has 4 rings (SSSR count). The number of anilines is 4. The highest BCUT2D eigenvalue weighted by atomic mass is 19.4. The summed E-state index contributed by atoms with van der Waals surface area (Å²) in [4.78, 5) is 24.3. The van der Waals surface area contributed by atoms with Crippen molar-refractivity contribution in [2.75, 3.05) is 56.9 Å². The average Bonchev–Trinajstić information content (AvgIpc) is 3.21. The lowest BCUT2D eigenvalue weighted by atomic mass is 10.1. The Bertz CT molecular complexity index is 1530. The molecule has 0 radical (unpaired) electrons. The topological polar surface area (TPSA) is 87.6 Å². The number of benzene rings is 2. The molecule has 0 aliphatic carbocycles. The third-order valence-corrected chi connectivity index (χ3v) is 6.40. The maximum atomic E-state index is 14.1. The molecule has 0 bridgehead atoms. The Balaban J connectivity index is 1.76. The highest BCUT2D eigenvalue weighted by molar-refractivity contribution is 5.97. The molecule has 40 heavy (non-hydrogen) atoms. The van der Waals surface area contributed by atoms with E-state index in [1.165, 1.54) is 14.0 Å². The fourth-order valence-corrected chi connectivity index (χ4v) is 4.38. The number of likely N-dealkylation sites (N-methyl/N-ethyl adjacent to an activating group) is 2. The lowest BCUT2D eigenvalue weighted by Crippen LogP contribution is -2.29. The van der Waals surface area contributed by atoms with Crippen LogP contribution in [0.2, 0.25) is 0 Å². The molecule has 2 aromatic heterocycles. The molecule has 0 saturated heterocycles. The van der Waals surface area contributed by atoms with Gasteiger partial charge in [0.15, 0.2) is 0 Å². The molecular weight excluding hydrogens is 523 g/mol. The summed E-state index contributed by atoms with van der Waals surface area (Å²) in [6.45, 7) is 2.93. The number of fused-ring (bicyclic) bond motifs is 1. The lowest BCUT2D eigenvalue weighted by molar-refractivity contribution is -0.137. The van der Waals surface area contributed by atoms with Gasteiger partial charge in [0.2, 0.25) is 11.9 Å². The number of nitrogens with one attached hydrogen (secondary N) is 2. The number of nitrogens with zero attached hydrogens (tertiary/aromatic N) is 5. The summed E-state index contributed by atoms with van der Waals surface area (Å²) in [5.74, 6) is 0.242. The molecule has 0 aliphatic heterocycles. The highest BCUT2D eigenvalue weighted by Crippen LogP contribution is 2.40. The number of amides is 1. The van der Waals surface area contributed by atoms with Crippen LogP contribution < -0.4 is 20.3 Å². The van der Waals surface area contributed by atoms with Crippen LogP contribution in [0, 0.1) is 0 Å². The molecule has 9 nitrogen and oxygen atoms in total. The van der Waals surface area contributed by atoms with Gasteiger partial charge in [-0.05, 0) is 50.5 Å². The second-order valence-electron chi connectivity index (χ2n) is 9.75. The van der Waals surface area contributed by atoms with Crippen molar-refractivity contribution in [3.63, 3.8) is 0 Å². The van der Waals surface area contributed by atoms with Crippen LogP contribution in [0.4, 0.5) is 36.2 Å². The Hall–Kier alpha value is -4.32. The van der Waals surface area contributed by atoms with E-state index >= 15 is 0 Å². The number of alkyl halides is 3. The van der Waals surface area contributed by atoms with E-state index in [0.29, 0.717) is 34.6 Å². The van der Waals surface area contributed by atoms with Crippen molar-refractivity contribution >= 4 is 39.8 Å². The van der Waals surface area contributed by atoms with Gasteiger partial charge < -0.3 is 29.7 Å². The van der Waals surface area contributed by atoms with Crippen LogP contribution in [-0.2, 0) is 18.0 Å². The second kappa shape index (κ2) is 11.4. The number of hydrogen-bond acceptors (Lipinski definition) is 7. The summed E-state index contributed by atoms with van der Waals surface area (Å²) in [5.41, 5.74) is 1.65. The summed E-state index contributed by atoms with van der Waals surface area (Å²) in [7, 11) is 9.12. The Morgan fingerprint density at radius 1 is 1.10 bits per heavy atom. The molecule has 0 fully saturated rings. The minimum Gasteiger partial charge on any atom is -0.497 e. The third-order valence-electron chi connectivity index (χ3n) is 6.40. The SMILES string of the molecule is COc1ccc2c(c1)c(-c1nc(Nc3ccc(N(C)CCN(C)C)c(NC(C)=O)c3)ncc1C(F)(F)F)cn2C. The van der Waals surface area contributed by atoms with Gasteiger partial charge in [0.05, 0.1) is 24.2 Å². The molecule has 2 aromatic carbocycles. The van der Waals surface area contributed by atoms with Gasteiger partial charge in [-0.1, -0.05) is 0 Å². The summed E-state index contributed by atoms with van der Waals surface area (Å²) >= 11 is 0. The number of carbonyl (C=O) groups excluding carboxylic acids is 1. The van der Waals surface area contributed by atoms with Crippen LogP contribution in [-0.4, -0.2) is 66.7 Å². The monoisotopic (exact) mass is 555 g/mol. The fraction of sp³-hybridized carbons (Fsp3) is 0.321. The summed E-state index contributed by atoms with van der Waals surface area (Å²) in [6, 6.07) is 10.5. The van der Waals surface area contributed by atoms with E-state index in [-0.39, 0.29) is 17.5 Å². The number of aromatic nitrogens is 3. The summed E-state index contributed by atoms with van der Waals surface area (Å²) in [5, 5.41) is 6.40. The molecular formula is C28H32F3N7O2. The Morgan fingerprint density at radius 2 is 1.85 bits per heavy atom. The zero-order valence-corrected chi connectivity index (χ0v) is 23.2. The van der Waals surface area contributed by atoms with Gasteiger partial charge in [0.25, 0.3) is 0 Å². The average molecular weight is 556 g/mol. The number of aryl methyl sites for hydroxylation is 1. The minimum absolute atomic E-state index is 0.0228. The number of ether oxygens (including phenoxy) is 1. The molecule has 4 aromatic rings. The van der Waals surface area contributed by atoms with Crippen molar-refractivity contribution in [1.82, 2.24) is 19.4 Å². The van der Waals surface area contributed by atoms with E-state index in [2.05, 4.69) is 25.5 Å². The van der Waals surface area contributed by atoms with Crippen LogP contribution in [0.1, 0.15) is 12.5 Å². The molecule has 0 spiro atoms. The lowest BCUT2D eigenvalue weighted by Gasteiger charge is -2.24. The molecule has 0 aliphatic rings. The number of rotatable bonds is 9. The van der Waals surface area contributed by atoms with Crippen molar-refractivity contribution in [2.24, 2.45) is 7.05 Å². The fourth-order valence-electron chi connectivity index (χ4n) is 4.38. The predicted molar refractivity (Wildman–Crippen MR) is 151 cm³/mol. The molecule has 2 heterocycles. The zero-order valence-electron chi connectivity index (χ0n) is 23.2. The van der Waals surface area contributed by atoms with Gasteiger partial charge in [0, 0.05) is 68.7 Å². The summed E-state index contributed by atoms with van der Waals surface area (Å²) < 4.78 is 49.3. The van der Waals surface area contributed by atoms with E-state index in [9.17, 15) is 18.0 Å². The van der Waals surface area contributed by atoms with Gasteiger partial charge in [-0.3, -0.25) is 4.79 Å². The summed E-state index contributed by atoms with van der Waals surface area (Å²) in [6.07, 6.45) is -2.28. The largest absolute Gasteiger partial charge is 0.497 e. The molecule has 212 valence electrons. The quantitative estimate of drug-likeness (QED) is 0.287. The molecule has 12 heteroatoms. The van der Waals surface area contributed by atoms with E-state index in [1.807, 2.05) is 32.1 Å². The van der Waals surface area contributed by atoms with Gasteiger partial charge in [0.1, 0.15) is 11.3 Å². The van der Waals surface area contributed by atoms with E-state index < -0.39 is 11.7 Å². The maximum Gasteiger partial charge on any atom is 0.419 e. The van der Waals surface area contributed by atoms with Crippen LogP contribution in [0.5, 0.6) is 5.75 Å². The zero-order chi connectivity index (χ0) is 29.2. The number of carbonyl (C=O) groups is 1. The van der Waals surface area contributed by atoms with Crippen molar-refractivity contribution in [2.45, 2.75) is 13.1 Å². The molecule has 0 unspecified atom stereocenters. The standard InChI is InChI=1S/C28H32F3N7O2/c1-17(39)33-23-13-18(7-9-25(23)37(4)12-11-36(2)3)34-27-32-15-22(28(29,30)31)26(35-27)21-16-38(5)24-10-8-19(40-6)14-20(21)24/h7-10,13-16H,11-12H2,1-6H3,(H,33,39)(H,32,34,35). The normalized spacial score (nSPS) is 11.7. The van der Waals surface area contributed by atoms with Crippen LogP contribution in [0.25, 0.3) is 22.2 Å². The first-order chi connectivity index (χ1) is 18.9. The van der Waals surface area contributed by atoms with Crippen molar-refractivity contribution in [3.8, 4) is 17.0 Å². The first kappa shape index (κ1) is 28.7. The van der Waals surface area contributed by atoms with E-state index in [1.54, 1.807) is 48.1 Å². The first-order valence-corrected chi connectivity index (χ1v) is 12.5. The van der Waals surface area contributed by atoms with E-state index in [0.717, 1.165) is 23.9 Å². The predicted octanol–water partition coefficient (Wildman–Crippen LogP) is 5.36. The minimum atomic E-state index is -4.67. The first-order valence-electron chi connectivity index (χ1n) is 12.5. The smallest absolute Gasteiger partial charge is 0.419 e. The van der Waals surface area contributed by atoms with Gasteiger partial charge in [-0.25, -0.2) is 9.97 Å². The van der Waals surface area contributed by atoms with Crippen molar-refractivity contribution < 1.29 is 22.7 Å². The van der Waals surface area contributed by atoms with E-state index in [4.69, 9.17) is 4.74 Å². The van der Waals surface area contributed by atoms with Gasteiger partial charge >= 0.3 is 6.18 Å². The van der Waals surface area contributed by atoms with Gasteiger partial charge in [-0.15, -0.1) is 0 Å².